The molecule has 0 aromatic carbocycles. The lowest BCUT2D eigenvalue weighted by atomic mass is 10.1. The molecule has 1 saturated heterocycles. The highest BCUT2D eigenvalue weighted by atomic mass is 35.5. The fourth-order valence-electron chi connectivity index (χ4n) is 1.52. The average molecular weight is 264 g/mol. The molecular weight excluding hydrogens is 246 g/mol. The number of esters is 1. The highest BCUT2D eigenvalue weighted by Crippen LogP contribution is 2.18. The van der Waals surface area contributed by atoms with E-state index in [2.05, 4.69) is 5.32 Å². The number of carbonyl (C=O) groups excluding carboxylic acids is 2. The summed E-state index contributed by atoms with van der Waals surface area (Å²) in [6, 6.07) is -0.627. The zero-order valence-corrected chi connectivity index (χ0v) is 11.0. The van der Waals surface area contributed by atoms with E-state index in [-0.39, 0.29) is 6.10 Å². The van der Waals surface area contributed by atoms with Gasteiger partial charge < -0.3 is 14.8 Å². The van der Waals surface area contributed by atoms with Crippen molar-refractivity contribution in [3.05, 3.63) is 0 Å². The van der Waals surface area contributed by atoms with Crippen LogP contribution < -0.4 is 5.32 Å². The van der Waals surface area contributed by atoms with E-state index in [0.29, 0.717) is 18.7 Å². The van der Waals surface area contributed by atoms with Gasteiger partial charge in [0.15, 0.2) is 0 Å². The van der Waals surface area contributed by atoms with Crippen molar-refractivity contribution in [3.63, 3.8) is 0 Å². The van der Waals surface area contributed by atoms with Gasteiger partial charge >= 0.3 is 12.1 Å². The highest BCUT2D eigenvalue weighted by Gasteiger charge is 2.35. The Morgan fingerprint density at radius 3 is 2.76 bits per heavy atom. The van der Waals surface area contributed by atoms with E-state index >= 15 is 0 Å². The predicted molar refractivity (Wildman–Crippen MR) is 63.0 cm³/mol. The fourth-order valence-corrected chi connectivity index (χ4v) is 1.76. The summed E-state index contributed by atoms with van der Waals surface area (Å²) < 4.78 is 10.1. The summed E-state index contributed by atoms with van der Waals surface area (Å²) in [6.45, 7) is 5.28. The van der Waals surface area contributed by atoms with Crippen LogP contribution in [0.1, 0.15) is 33.6 Å². The Balaban J connectivity index is 2.42. The van der Waals surface area contributed by atoms with Gasteiger partial charge in [-0.25, -0.2) is 9.59 Å². The molecule has 98 valence electrons. The number of nitrogens with one attached hydrogen (secondary N) is 1. The zero-order chi connectivity index (χ0) is 13.1. The Labute approximate surface area is 106 Å². The maximum atomic E-state index is 11.5. The van der Waals surface area contributed by atoms with Crippen LogP contribution in [0.3, 0.4) is 0 Å². The highest BCUT2D eigenvalue weighted by molar-refractivity contribution is 6.17. The van der Waals surface area contributed by atoms with Crippen molar-refractivity contribution in [2.24, 2.45) is 0 Å². The van der Waals surface area contributed by atoms with Crippen LogP contribution in [0, 0.1) is 0 Å². The molecule has 1 rings (SSSR count). The molecule has 0 saturated carbocycles. The number of ether oxygens (including phenoxy) is 2. The summed E-state index contributed by atoms with van der Waals surface area (Å²) in [6.07, 6.45) is 0.232. The number of cyclic esters (lactones) is 1. The Kier molecular flexibility index (Phi) is 4.62. The largest absolute Gasteiger partial charge is 0.461 e. The van der Waals surface area contributed by atoms with Gasteiger partial charge in [-0.3, -0.25) is 0 Å². The number of carbonyl (C=O) groups is 2. The number of hydrogen-bond donors (Lipinski definition) is 1. The molecule has 0 spiro atoms. The Hall–Kier alpha value is -0.970. The van der Waals surface area contributed by atoms with Crippen LogP contribution in [0.25, 0.3) is 0 Å². The number of alkyl carbamates (subject to hydrolysis) is 1. The molecule has 1 fully saturated rings. The van der Waals surface area contributed by atoms with Gasteiger partial charge in [-0.05, 0) is 27.2 Å². The van der Waals surface area contributed by atoms with Crippen molar-refractivity contribution < 1.29 is 19.1 Å². The minimum atomic E-state index is -0.627. The van der Waals surface area contributed by atoms with Crippen LogP contribution in [-0.4, -0.2) is 35.7 Å². The second-order valence-corrected chi connectivity index (χ2v) is 5.35. The topological polar surface area (TPSA) is 64.6 Å². The van der Waals surface area contributed by atoms with Crippen molar-refractivity contribution in [2.75, 3.05) is 5.88 Å². The smallest absolute Gasteiger partial charge is 0.408 e. The van der Waals surface area contributed by atoms with Gasteiger partial charge in [-0.2, -0.15) is 0 Å². The van der Waals surface area contributed by atoms with Gasteiger partial charge in [0.05, 0.1) is 0 Å². The quantitative estimate of drug-likeness (QED) is 0.623. The Bertz CT molecular complexity index is 300. The maximum absolute atomic E-state index is 11.5. The van der Waals surface area contributed by atoms with E-state index in [9.17, 15) is 9.59 Å². The molecule has 6 heteroatoms. The summed E-state index contributed by atoms with van der Waals surface area (Å²) in [5.74, 6) is 0.00266. The fraction of sp³-hybridized carbons (Fsp3) is 0.818. The van der Waals surface area contributed by atoms with E-state index in [1.165, 1.54) is 0 Å². The van der Waals surface area contributed by atoms with Crippen LogP contribution >= 0.6 is 11.6 Å². The summed E-state index contributed by atoms with van der Waals surface area (Å²) in [7, 11) is 0. The monoisotopic (exact) mass is 263 g/mol. The van der Waals surface area contributed by atoms with Crippen molar-refractivity contribution in [1.82, 2.24) is 5.32 Å². The second-order valence-electron chi connectivity index (χ2n) is 4.97. The molecule has 17 heavy (non-hydrogen) atoms. The lowest BCUT2D eigenvalue weighted by molar-refractivity contribution is -0.143. The maximum Gasteiger partial charge on any atom is 0.408 e. The molecule has 2 atom stereocenters. The van der Waals surface area contributed by atoms with E-state index in [0.717, 1.165) is 0 Å². The minimum absolute atomic E-state index is 0.208. The molecule has 1 heterocycles. The molecule has 0 bridgehead atoms. The van der Waals surface area contributed by atoms with Crippen LogP contribution in [0.5, 0.6) is 0 Å². The number of hydrogen-bond acceptors (Lipinski definition) is 4. The predicted octanol–water partition coefficient (Wildman–Crippen LogP) is 1.82. The summed E-state index contributed by atoms with van der Waals surface area (Å²) in [4.78, 5) is 22.9. The van der Waals surface area contributed by atoms with Crippen molar-refractivity contribution in [3.8, 4) is 0 Å². The normalized spacial score (nSPS) is 24.4. The molecule has 2 unspecified atom stereocenters. The molecule has 0 aromatic heterocycles. The van der Waals surface area contributed by atoms with Gasteiger partial charge in [0.25, 0.3) is 0 Å². The van der Waals surface area contributed by atoms with E-state index in [4.69, 9.17) is 21.1 Å². The van der Waals surface area contributed by atoms with Crippen molar-refractivity contribution in [2.45, 2.75) is 51.4 Å². The first-order chi connectivity index (χ1) is 7.81. The van der Waals surface area contributed by atoms with Crippen LogP contribution in [0.2, 0.25) is 0 Å². The zero-order valence-electron chi connectivity index (χ0n) is 10.3. The SMILES string of the molecule is CC(C)(C)OC(=O)NC1CC(CCCl)OC1=O. The molecule has 0 aromatic rings. The third kappa shape index (κ3) is 4.81. The van der Waals surface area contributed by atoms with E-state index in [1.807, 2.05) is 0 Å². The minimum Gasteiger partial charge on any atom is -0.461 e. The average Bonchev–Trinajstić information content (AvgIpc) is 2.44. The lowest BCUT2D eigenvalue weighted by Gasteiger charge is -2.20. The first kappa shape index (κ1) is 14.1. The summed E-state index contributed by atoms with van der Waals surface area (Å²) in [5, 5.41) is 2.49. The molecule has 0 aliphatic carbocycles. The molecule has 1 N–H and O–H groups in total. The van der Waals surface area contributed by atoms with Gasteiger partial charge in [0, 0.05) is 12.3 Å². The van der Waals surface area contributed by atoms with Crippen LogP contribution in [-0.2, 0) is 14.3 Å². The molecule has 5 nitrogen and oxygen atoms in total. The molecule has 0 radical (unpaired) electrons. The molecule has 1 aliphatic heterocycles. The number of amides is 1. The van der Waals surface area contributed by atoms with E-state index in [1.54, 1.807) is 20.8 Å². The van der Waals surface area contributed by atoms with Crippen LogP contribution in [0.4, 0.5) is 4.79 Å². The van der Waals surface area contributed by atoms with Gasteiger partial charge in [0.1, 0.15) is 17.7 Å². The van der Waals surface area contributed by atoms with Crippen LogP contribution in [0.15, 0.2) is 0 Å². The molecule has 1 aliphatic rings. The molecule has 1 amide bonds. The Morgan fingerprint density at radius 1 is 1.59 bits per heavy atom. The second kappa shape index (κ2) is 5.58. The van der Waals surface area contributed by atoms with Gasteiger partial charge in [-0.1, -0.05) is 0 Å². The van der Waals surface area contributed by atoms with Crippen molar-refractivity contribution in [1.29, 1.82) is 0 Å². The van der Waals surface area contributed by atoms with Gasteiger partial charge in [-0.15, -0.1) is 11.6 Å². The van der Waals surface area contributed by atoms with Gasteiger partial charge in [0.2, 0.25) is 0 Å². The first-order valence-corrected chi connectivity index (χ1v) is 6.11. The number of alkyl halides is 1. The first-order valence-electron chi connectivity index (χ1n) is 5.58. The van der Waals surface area contributed by atoms with E-state index < -0.39 is 23.7 Å². The Morgan fingerprint density at radius 2 is 2.24 bits per heavy atom. The molecular formula is C11H18ClNO4. The summed E-state index contributed by atoms with van der Waals surface area (Å²) >= 11 is 5.57. The standard InChI is InChI=1S/C11H18ClNO4/c1-11(2,3)17-10(15)13-8-6-7(4-5-12)16-9(8)14/h7-8H,4-6H2,1-3H3,(H,13,15). The summed E-state index contributed by atoms with van der Waals surface area (Å²) in [5.41, 5.74) is -0.581. The third-order valence-electron chi connectivity index (χ3n) is 2.19. The lowest BCUT2D eigenvalue weighted by Crippen LogP contribution is -2.41. The number of halogens is 1. The number of rotatable bonds is 3. The third-order valence-corrected chi connectivity index (χ3v) is 2.41. The van der Waals surface area contributed by atoms with Crippen molar-refractivity contribution >= 4 is 23.7 Å².